The van der Waals surface area contributed by atoms with Gasteiger partial charge in [-0.3, -0.25) is 4.57 Å². The maximum atomic E-state index is 10.6. The molecule has 0 fully saturated rings. The molecule has 0 saturated carbocycles. The zero-order valence-electron chi connectivity index (χ0n) is 5.41. The number of aromatic amines is 1. The molecule has 1 rings (SSSR count). The van der Waals surface area contributed by atoms with Crippen molar-refractivity contribution in [2.75, 3.05) is 0 Å². The van der Waals surface area contributed by atoms with E-state index in [0.717, 1.165) is 4.57 Å². The fourth-order valence-electron chi connectivity index (χ4n) is 0.551. The summed E-state index contributed by atoms with van der Waals surface area (Å²) in [5.41, 5.74) is -0.621. The Hall–Kier alpha value is -0.820. The molecule has 1 aromatic rings. The second-order valence-corrected chi connectivity index (χ2v) is 4.27. The molecule has 62 valence electrons. The summed E-state index contributed by atoms with van der Waals surface area (Å²) in [5, 5.41) is 4.65. The number of aromatic nitrogens is 3. The average molecular weight is 198 g/mol. The topological polar surface area (TPSA) is 84.8 Å². The van der Waals surface area contributed by atoms with Crippen molar-refractivity contribution in [3.8, 4) is 0 Å². The van der Waals surface area contributed by atoms with Crippen LogP contribution in [0.15, 0.2) is 9.95 Å². The normalized spacial score (nSPS) is 11.8. The molecule has 0 amide bonds. The minimum Gasteiger partial charge on any atom is -0.268 e. The van der Waals surface area contributed by atoms with Gasteiger partial charge in [-0.2, -0.15) is 0 Å². The summed E-state index contributed by atoms with van der Waals surface area (Å²) in [7, 11) is 2.24. The predicted octanol–water partition coefficient (Wildman–Crippen LogP) is -0.964. The molecule has 0 atom stereocenters. The number of halogens is 1. The first-order valence-corrected chi connectivity index (χ1v) is 4.80. The molecule has 6 nitrogen and oxygen atoms in total. The lowest BCUT2D eigenvalue weighted by molar-refractivity contribution is 0.591. The first-order valence-electron chi connectivity index (χ1n) is 2.49. The van der Waals surface area contributed by atoms with E-state index in [9.17, 15) is 13.2 Å². The van der Waals surface area contributed by atoms with Crippen molar-refractivity contribution in [3.63, 3.8) is 0 Å². The van der Waals surface area contributed by atoms with Gasteiger partial charge in [0.15, 0.2) is 0 Å². The SMILES string of the molecule is Cn1c(S(=O)(=O)Cl)n[nH]c1=O. The van der Waals surface area contributed by atoms with Crippen molar-refractivity contribution in [2.45, 2.75) is 5.16 Å². The number of nitrogens with one attached hydrogen (secondary N) is 1. The van der Waals surface area contributed by atoms with E-state index in [0.29, 0.717) is 0 Å². The van der Waals surface area contributed by atoms with Crippen LogP contribution in [0, 0.1) is 0 Å². The third kappa shape index (κ3) is 1.43. The maximum Gasteiger partial charge on any atom is 0.343 e. The predicted molar refractivity (Wildman–Crippen MR) is 36.9 cm³/mol. The van der Waals surface area contributed by atoms with Gasteiger partial charge >= 0.3 is 5.69 Å². The highest BCUT2D eigenvalue weighted by molar-refractivity contribution is 8.13. The molecule has 0 aromatic carbocycles. The Bertz CT molecular complexity index is 415. The summed E-state index contributed by atoms with van der Waals surface area (Å²) in [6.07, 6.45) is 0. The zero-order chi connectivity index (χ0) is 8.65. The van der Waals surface area contributed by atoms with Gasteiger partial charge in [-0.05, 0) is 0 Å². The van der Waals surface area contributed by atoms with Gasteiger partial charge in [-0.25, -0.2) is 18.3 Å². The molecule has 1 aromatic heterocycles. The largest absolute Gasteiger partial charge is 0.343 e. The van der Waals surface area contributed by atoms with Crippen molar-refractivity contribution < 1.29 is 8.42 Å². The van der Waals surface area contributed by atoms with Crippen LogP contribution in [-0.4, -0.2) is 23.2 Å². The van der Waals surface area contributed by atoms with Crippen molar-refractivity contribution in [2.24, 2.45) is 7.05 Å². The first kappa shape index (κ1) is 8.28. The average Bonchev–Trinajstić information content (AvgIpc) is 2.11. The minimum absolute atomic E-state index is 0.482. The Morgan fingerprint density at radius 2 is 2.18 bits per heavy atom. The third-order valence-corrected chi connectivity index (χ3v) is 2.27. The molecular weight excluding hydrogens is 194 g/mol. The van der Waals surface area contributed by atoms with Crippen molar-refractivity contribution >= 4 is 19.7 Å². The standard InChI is InChI=1S/C3H4ClN3O3S/c1-7-2(8)5-6-3(7)11(4,9)10/h1H3,(H,5,8). The maximum absolute atomic E-state index is 10.6. The van der Waals surface area contributed by atoms with Crippen LogP contribution in [0.4, 0.5) is 0 Å². The van der Waals surface area contributed by atoms with E-state index in [2.05, 4.69) is 5.10 Å². The number of hydrogen-bond donors (Lipinski definition) is 1. The molecular formula is C3H4ClN3O3S. The second-order valence-electron chi connectivity index (χ2n) is 1.81. The van der Waals surface area contributed by atoms with Gasteiger partial charge in [0.25, 0.3) is 14.2 Å². The van der Waals surface area contributed by atoms with E-state index in [1.54, 1.807) is 0 Å². The number of H-pyrrole nitrogens is 1. The molecule has 0 aliphatic heterocycles. The fourth-order valence-corrected chi connectivity index (χ4v) is 1.53. The van der Waals surface area contributed by atoms with Crippen molar-refractivity contribution in [1.82, 2.24) is 14.8 Å². The van der Waals surface area contributed by atoms with Crippen LogP contribution in [0.5, 0.6) is 0 Å². The summed E-state index contributed by atoms with van der Waals surface area (Å²) in [6, 6.07) is 0. The van der Waals surface area contributed by atoms with E-state index in [4.69, 9.17) is 10.7 Å². The monoisotopic (exact) mass is 197 g/mol. The Balaban J connectivity index is 3.51. The number of rotatable bonds is 1. The molecule has 0 unspecified atom stereocenters. The van der Waals surface area contributed by atoms with Gasteiger partial charge in [0.2, 0.25) is 0 Å². The van der Waals surface area contributed by atoms with Gasteiger partial charge in [-0.15, -0.1) is 5.10 Å². The number of nitrogens with zero attached hydrogens (tertiary/aromatic N) is 2. The van der Waals surface area contributed by atoms with Crippen LogP contribution >= 0.6 is 10.7 Å². The fraction of sp³-hybridized carbons (Fsp3) is 0.333. The lowest BCUT2D eigenvalue weighted by Crippen LogP contribution is -2.15. The highest BCUT2D eigenvalue weighted by atomic mass is 35.7. The molecule has 1 N–H and O–H groups in total. The molecule has 0 bridgehead atoms. The van der Waals surface area contributed by atoms with Crippen molar-refractivity contribution in [1.29, 1.82) is 0 Å². The summed E-state index contributed by atoms with van der Waals surface area (Å²) < 4.78 is 22.0. The molecule has 1 heterocycles. The number of hydrogen-bond acceptors (Lipinski definition) is 4. The van der Waals surface area contributed by atoms with Crippen molar-refractivity contribution in [3.05, 3.63) is 10.5 Å². The molecule has 0 aliphatic rings. The Morgan fingerprint density at radius 1 is 1.64 bits per heavy atom. The van der Waals surface area contributed by atoms with Gasteiger partial charge in [0, 0.05) is 17.7 Å². The van der Waals surface area contributed by atoms with Crippen LogP contribution in [0.25, 0.3) is 0 Å². The Labute approximate surface area is 66.2 Å². The van der Waals surface area contributed by atoms with Gasteiger partial charge in [0.1, 0.15) is 0 Å². The van der Waals surface area contributed by atoms with Crippen LogP contribution in [0.1, 0.15) is 0 Å². The highest BCUT2D eigenvalue weighted by Crippen LogP contribution is 2.06. The molecule has 0 radical (unpaired) electrons. The Kier molecular flexibility index (Phi) is 1.77. The van der Waals surface area contributed by atoms with Crippen LogP contribution in [0.2, 0.25) is 0 Å². The summed E-state index contributed by atoms with van der Waals surface area (Å²) >= 11 is 0. The van der Waals surface area contributed by atoms with E-state index in [1.165, 1.54) is 7.05 Å². The Morgan fingerprint density at radius 3 is 2.36 bits per heavy atom. The quantitative estimate of drug-likeness (QED) is 0.588. The van der Waals surface area contributed by atoms with Gasteiger partial charge in [-0.1, -0.05) is 0 Å². The molecule has 0 aliphatic carbocycles. The summed E-state index contributed by atoms with van der Waals surface area (Å²) in [5.74, 6) is 0. The smallest absolute Gasteiger partial charge is 0.268 e. The summed E-state index contributed by atoms with van der Waals surface area (Å²) in [6.45, 7) is 0. The molecule has 8 heteroatoms. The van der Waals surface area contributed by atoms with E-state index in [-0.39, 0.29) is 0 Å². The summed E-state index contributed by atoms with van der Waals surface area (Å²) in [4.78, 5) is 10.6. The minimum atomic E-state index is -3.92. The van der Waals surface area contributed by atoms with E-state index >= 15 is 0 Å². The van der Waals surface area contributed by atoms with E-state index in [1.807, 2.05) is 5.10 Å². The molecule has 11 heavy (non-hydrogen) atoms. The first-order chi connectivity index (χ1) is 4.93. The van der Waals surface area contributed by atoms with Gasteiger partial charge < -0.3 is 0 Å². The second kappa shape index (κ2) is 2.35. The van der Waals surface area contributed by atoms with Crippen LogP contribution in [-0.2, 0) is 16.1 Å². The van der Waals surface area contributed by atoms with Gasteiger partial charge in [0.05, 0.1) is 0 Å². The lowest BCUT2D eigenvalue weighted by atomic mass is 11.1. The van der Waals surface area contributed by atoms with Crippen LogP contribution in [0.3, 0.4) is 0 Å². The van der Waals surface area contributed by atoms with E-state index < -0.39 is 19.9 Å². The molecule has 0 spiro atoms. The zero-order valence-corrected chi connectivity index (χ0v) is 6.98. The lowest BCUT2D eigenvalue weighted by Gasteiger charge is -1.90. The highest BCUT2D eigenvalue weighted by Gasteiger charge is 2.17. The van der Waals surface area contributed by atoms with Crippen LogP contribution < -0.4 is 5.69 Å². The molecule has 0 saturated heterocycles. The third-order valence-electron chi connectivity index (χ3n) is 1.06.